The van der Waals surface area contributed by atoms with E-state index in [2.05, 4.69) is 5.10 Å². The molecule has 1 saturated heterocycles. The maximum absolute atomic E-state index is 12.6. The highest BCUT2D eigenvalue weighted by molar-refractivity contribution is 5.95. The van der Waals surface area contributed by atoms with Gasteiger partial charge < -0.3 is 19.5 Å². The molecule has 0 bridgehead atoms. The van der Waals surface area contributed by atoms with Crippen LogP contribution in [0.3, 0.4) is 0 Å². The molecule has 0 saturated carbocycles. The monoisotopic (exact) mass is 331 g/mol. The largest absolute Gasteiger partial charge is 0.497 e. The number of benzene rings is 1. The Morgan fingerprint density at radius 3 is 2.71 bits per heavy atom. The molecule has 126 valence electrons. The number of aliphatic carboxylic acids is 1. The predicted octanol–water partition coefficient (Wildman–Crippen LogP) is 0.806. The number of nitrogens with zero attached hydrogens (tertiary/aromatic N) is 3. The highest BCUT2D eigenvalue weighted by atomic mass is 16.5. The summed E-state index contributed by atoms with van der Waals surface area (Å²) in [6, 6.07) is 7.80. The van der Waals surface area contributed by atoms with Gasteiger partial charge in [0.05, 0.1) is 26.0 Å². The van der Waals surface area contributed by atoms with Crippen LogP contribution in [0.15, 0.2) is 36.5 Å². The molecule has 0 spiro atoms. The first-order valence-electron chi connectivity index (χ1n) is 7.42. The fourth-order valence-electron chi connectivity index (χ4n) is 2.52. The topological polar surface area (TPSA) is 93.9 Å². The zero-order chi connectivity index (χ0) is 17.1. The van der Waals surface area contributed by atoms with Crippen LogP contribution in [0.2, 0.25) is 0 Å². The molecule has 8 nitrogen and oxygen atoms in total. The van der Waals surface area contributed by atoms with Crippen molar-refractivity contribution >= 4 is 11.9 Å². The maximum Gasteiger partial charge on any atom is 0.328 e. The van der Waals surface area contributed by atoms with Crippen LogP contribution in [-0.4, -0.2) is 64.6 Å². The van der Waals surface area contributed by atoms with E-state index in [-0.39, 0.29) is 18.8 Å². The second-order valence-electron chi connectivity index (χ2n) is 5.27. The lowest BCUT2D eigenvalue weighted by atomic mass is 10.2. The van der Waals surface area contributed by atoms with Crippen LogP contribution in [0, 0.1) is 0 Å². The van der Waals surface area contributed by atoms with Gasteiger partial charge in [-0.2, -0.15) is 5.10 Å². The van der Waals surface area contributed by atoms with E-state index < -0.39 is 17.9 Å². The summed E-state index contributed by atoms with van der Waals surface area (Å²) in [6.45, 7) is 0.528. The van der Waals surface area contributed by atoms with Crippen molar-refractivity contribution in [3.63, 3.8) is 0 Å². The van der Waals surface area contributed by atoms with Gasteiger partial charge in [0.2, 0.25) is 0 Å². The molecular formula is C16H17N3O5. The van der Waals surface area contributed by atoms with E-state index in [0.717, 1.165) is 11.4 Å². The van der Waals surface area contributed by atoms with Gasteiger partial charge in [-0.1, -0.05) is 0 Å². The lowest BCUT2D eigenvalue weighted by Crippen LogP contribution is -2.52. The molecule has 8 heteroatoms. The summed E-state index contributed by atoms with van der Waals surface area (Å²) in [6.07, 6.45) is 1.66. The predicted molar refractivity (Wildman–Crippen MR) is 83.4 cm³/mol. The number of carboxylic acids is 1. The maximum atomic E-state index is 12.6. The molecule has 1 aromatic heterocycles. The van der Waals surface area contributed by atoms with Crippen LogP contribution in [0.5, 0.6) is 5.75 Å². The third-order valence-electron chi connectivity index (χ3n) is 3.82. The van der Waals surface area contributed by atoms with Crippen LogP contribution >= 0.6 is 0 Å². The van der Waals surface area contributed by atoms with E-state index in [1.165, 1.54) is 4.90 Å². The van der Waals surface area contributed by atoms with Crippen molar-refractivity contribution in [1.29, 1.82) is 0 Å². The number of carbonyl (C=O) groups is 2. The number of morpholine rings is 1. The van der Waals surface area contributed by atoms with E-state index in [1.54, 1.807) is 36.2 Å². The molecule has 1 N–H and O–H groups in total. The van der Waals surface area contributed by atoms with Crippen LogP contribution in [0.25, 0.3) is 5.69 Å². The van der Waals surface area contributed by atoms with Crippen LogP contribution < -0.4 is 4.74 Å². The van der Waals surface area contributed by atoms with E-state index in [4.69, 9.17) is 9.47 Å². The normalized spacial score (nSPS) is 17.5. The van der Waals surface area contributed by atoms with E-state index >= 15 is 0 Å². The van der Waals surface area contributed by atoms with Gasteiger partial charge in [0, 0.05) is 12.7 Å². The minimum atomic E-state index is -1.09. The number of hydrogen-bond acceptors (Lipinski definition) is 5. The zero-order valence-electron chi connectivity index (χ0n) is 13.1. The van der Waals surface area contributed by atoms with Crippen molar-refractivity contribution in [3.05, 3.63) is 42.2 Å². The summed E-state index contributed by atoms with van der Waals surface area (Å²) in [4.78, 5) is 25.1. The Balaban J connectivity index is 1.81. The number of aromatic nitrogens is 2. The Hall–Kier alpha value is -2.87. The lowest BCUT2D eigenvalue weighted by molar-refractivity contribution is -0.147. The van der Waals surface area contributed by atoms with Crippen molar-refractivity contribution in [3.8, 4) is 11.4 Å². The van der Waals surface area contributed by atoms with Gasteiger partial charge >= 0.3 is 5.97 Å². The molecule has 0 radical (unpaired) electrons. The molecule has 1 fully saturated rings. The quantitative estimate of drug-likeness (QED) is 0.891. The summed E-state index contributed by atoms with van der Waals surface area (Å²) in [5.41, 5.74) is 0.964. The molecule has 1 amide bonds. The van der Waals surface area contributed by atoms with Crippen molar-refractivity contribution in [2.24, 2.45) is 0 Å². The minimum absolute atomic E-state index is 0.0136. The highest BCUT2D eigenvalue weighted by Gasteiger charge is 2.34. The zero-order valence-corrected chi connectivity index (χ0v) is 13.1. The molecule has 0 aliphatic carbocycles. The third-order valence-corrected chi connectivity index (χ3v) is 3.82. The van der Waals surface area contributed by atoms with Crippen molar-refractivity contribution in [2.75, 3.05) is 26.9 Å². The van der Waals surface area contributed by atoms with Gasteiger partial charge in [-0.15, -0.1) is 0 Å². The number of ether oxygens (including phenoxy) is 2. The van der Waals surface area contributed by atoms with Gasteiger partial charge in [-0.3, -0.25) is 4.79 Å². The number of methoxy groups -OCH3 is 1. The number of amides is 1. The molecular weight excluding hydrogens is 314 g/mol. The molecule has 24 heavy (non-hydrogen) atoms. The van der Waals surface area contributed by atoms with Gasteiger partial charge in [-0.05, 0) is 30.3 Å². The Morgan fingerprint density at radius 2 is 2.04 bits per heavy atom. The van der Waals surface area contributed by atoms with Crippen LogP contribution in [0.4, 0.5) is 0 Å². The summed E-state index contributed by atoms with van der Waals surface area (Å²) < 4.78 is 11.8. The molecule has 1 aromatic carbocycles. The summed E-state index contributed by atoms with van der Waals surface area (Å²) in [5, 5.41) is 13.5. The van der Waals surface area contributed by atoms with E-state index in [1.807, 2.05) is 12.1 Å². The third kappa shape index (κ3) is 3.09. The van der Waals surface area contributed by atoms with E-state index in [0.29, 0.717) is 6.61 Å². The number of carbonyl (C=O) groups excluding carboxylic acids is 1. The number of rotatable bonds is 4. The smallest absolute Gasteiger partial charge is 0.328 e. The second kappa shape index (κ2) is 6.71. The van der Waals surface area contributed by atoms with Gasteiger partial charge in [0.25, 0.3) is 5.91 Å². The van der Waals surface area contributed by atoms with Crippen molar-refractivity contribution in [2.45, 2.75) is 6.04 Å². The van der Waals surface area contributed by atoms with Gasteiger partial charge in [0.1, 0.15) is 5.75 Å². The fraction of sp³-hybridized carbons (Fsp3) is 0.312. The van der Waals surface area contributed by atoms with Crippen molar-refractivity contribution in [1.82, 2.24) is 14.7 Å². The standard InChI is InChI=1S/C16H17N3O5/c1-23-12-4-2-11(3-5-12)19-7-6-13(17-19)15(20)18-8-9-24-10-14(18)16(21)22/h2-7,14H,8-10H2,1H3,(H,21,22)/t14-/m0/s1. The average Bonchev–Trinajstić information content (AvgIpc) is 3.11. The van der Waals surface area contributed by atoms with Crippen molar-refractivity contribution < 1.29 is 24.2 Å². The first-order valence-corrected chi connectivity index (χ1v) is 7.42. The highest BCUT2D eigenvalue weighted by Crippen LogP contribution is 2.16. The minimum Gasteiger partial charge on any atom is -0.497 e. The fourth-order valence-corrected chi connectivity index (χ4v) is 2.52. The van der Waals surface area contributed by atoms with Crippen LogP contribution in [-0.2, 0) is 9.53 Å². The average molecular weight is 331 g/mol. The first kappa shape index (κ1) is 16.0. The summed E-state index contributed by atoms with van der Waals surface area (Å²) in [7, 11) is 1.58. The molecule has 2 heterocycles. The lowest BCUT2D eigenvalue weighted by Gasteiger charge is -2.32. The summed E-state index contributed by atoms with van der Waals surface area (Å²) in [5.74, 6) is -0.782. The Labute approximate surface area is 138 Å². The Kier molecular flexibility index (Phi) is 4.48. The van der Waals surface area contributed by atoms with E-state index in [9.17, 15) is 14.7 Å². The number of hydrogen-bond donors (Lipinski definition) is 1. The molecule has 1 atom stereocenters. The van der Waals surface area contributed by atoms with Crippen LogP contribution in [0.1, 0.15) is 10.5 Å². The first-order chi connectivity index (χ1) is 11.6. The molecule has 2 aromatic rings. The van der Waals surface area contributed by atoms with Gasteiger partial charge in [-0.25, -0.2) is 9.48 Å². The molecule has 1 aliphatic rings. The van der Waals surface area contributed by atoms with Gasteiger partial charge in [0.15, 0.2) is 11.7 Å². The Morgan fingerprint density at radius 1 is 1.29 bits per heavy atom. The Bertz CT molecular complexity index is 740. The number of carboxylic acid groups (broad SMARTS) is 1. The molecule has 3 rings (SSSR count). The molecule has 0 unspecified atom stereocenters. The molecule has 1 aliphatic heterocycles. The SMILES string of the molecule is COc1ccc(-n2ccc(C(=O)N3CCOC[C@H]3C(=O)O)n2)cc1. The second-order valence-corrected chi connectivity index (χ2v) is 5.27. The summed E-state index contributed by atoms with van der Waals surface area (Å²) >= 11 is 0.